The van der Waals surface area contributed by atoms with Crippen molar-refractivity contribution in [1.82, 2.24) is 10.7 Å². The summed E-state index contributed by atoms with van der Waals surface area (Å²) in [4.78, 5) is 15.7. The van der Waals surface area contributed by atoms with Crippen LogP contribution in [0.25, 0.3) is 0 Å². The number of nitrogens with one attached hydrogen (secondary N) is 2. The van der Waals surface area contributed by atoms with Gasteiger partial charge >= 0.3 is 0 Å². The van der Waals surface area contributed by atoms with Crippen LogP contribution in [0.2, 0.25) is 0 Å². The molecule has 1 aliphatic rings. The fourth-order valence-electron chi connectivity index (χ4n) is 2.05. The minimum absolute atomic E-state index is 0.0922. The molecule has 1 fully saturated rings. The van der Waals surface area contributed by atoms with Gasteiger partial charge in [-0.05, 0) is 18.8 Å². The third-order valence-corrected chi connectivity index (χ3v) is 3.04. The number of rotatable bonds is 4. The van der Waals surface area contributed by atoms with Crippen LogP contribution >= 0.6 is 0 Å². The van der Waals surface area contributed by atoms with Gasteiger partial charge in [0.05, 0.1) is 6.04 Å². The van der Waals surface area contributed by atoms with Crippen LogP contribution in [-0.2, 0) is 4.79 Å². The lowest BCUT2D eigenvalue weighted by Crippen LogP contribution is -2.53. The molecular weight excluding hydrogens is 218 g/mol. The molecule has 0 aromatic heterocycles. The molecule has 0 aliphatic heterocycles. The highest BCUT2D eigenvalue weighted by atomic mass is 16.1. The number of hydrogen-bond donors (Lipinski definition) is 4. The first kappa shape index (κ1) is 13.8. The molecule has 0 bridgehead atoms. The molecule has 1 atom stereocenters. The van der Waals surface area contributed by atoms with E-state index in [1.165, 1.54) is 12.8 Å². The molecule has 0 radical (unpaired) electrons. The number of carbonyl (C=O) groups is 1. The van der Waals surface area contributed by atoms with E-state index in [-0.39, 0.29) is 5.92 Å². The lowest BCUT2D eigenvalue weighted by atomic mass is 10.0. The highest BCUT2D eigenvalue weighted by Gasteiger charge is 2.21. The zero-order valence-corrected chi connectivity index (χ0v) is 10.6. The minimum Gasteiger partial charge on any atom is -0.368 e. The first-order valence-electron chi connectivity index (χ1n) is 6.15. The lowest BCUT2D eigenvalue weighted by Gasteiger charge is -2.21. The predicted octanol–water partition coefficient (Wildman–Crippen LogP) is -0.152. The second-order valence-electron chi connectivity index (χ2n) is 4.83. The van der Waals surface area contributed by atoms with Crippen molar-refractivity contribution in [2.75, 3.05) is 0 Å². The molecule has 17 heavy (non-hydrogen) atoms. The monoisotopic (exact) mass is 241 g/mol. The Hall–Kier alpha value is -1.30. The number of primary amides is 1. The van der Waals surface area contributed by atoms with Crippen molar-refractivity contribution in [2.24, 2.45) is 22.5 Å². The second kappa shape index (κ2) is 6.44. The summed E-state index contributed by atoms with van der Waals surface area (Å²) < 4.78 is 0. The number of guanidine groups is 1. The Bertz CT molecular complexity index is 284. The number of nitrogens with zero attached hydrogens (tertiary/aromatic N) is 1. The van der Waals surface area contributed by atoms with Crippen LogP contribution < -0.4 is 22.3 Å². The Kier molecular flexibility index (Phi) is 5.21. The Morgan fingerprint density at radius 1 is 1.35 bits per heavy atom. The molecule has 1 amide bonds. The Labute approximate surface area is 102 Å². The first-order valence-corrected chi connectivity index (χ1v) is 6.15. The summed E-state index contributed by atoms with van der Waals surface area (Å²) in [6.07, 6.45) is 4.57. The van der Waals surface area contributed by atoms with Gasteiger partial charge in [0.2, 0.25) is 11.9 Å². The molecular formula is C11H23N5O. The first-order chi connectivity index (χ1) is 8.04. The standard InChI is InChI=1S/C11H23N5O/c1-7(2)9(10(12)17)15-11(16-13)14-8-5-3-4-6-8/h7-9H,3-6,13H2,1-2H3,(H2,12,17)(H2,14,15,16). The predicted molar refractivity (Wildman–Crippen MR) is 68.0 cm³/mol. The molecule has 0 aromatic rings. The van der Waals surface area contributed by atoms with Crippen molar-refractivity contribution in [3.63, 3.8) is 0 Å². The van der Waals surface area contributed by atoms with Gasteiger partial charge < -0.3 is 11.1 Å². The SMILES string of the molecule is CC(C)C(NC(=NC1CCCC1)NN)C(N)=O. The van der Waals surface area contributed by atoms with E-state index in [9.17, 15) is 4.79 Å². The smallest absolute Gasteiger partial charge is 0.240 e. The van der Waals surface area contributed by atoms with Crippen molar-refractivity contribution in [1.29, 1.82) is 0 Å². The molecule has 6 nitrogen and oxygen atoms in total. The van der Waals surface area contributed by atoms with Crippen molar-refractivity contribution >= 4 is 11.9 Å². The molecule has 0 heterocycles. The third kappa shape index (κ3) is 4.22. The fraction of sp³-hybridized carbons (Fsp3) is 0.818. The van der Waals surface area contributed by atoms with Crippen molar-refractivity contribution < 1.29 is 4.79 Å². The van der Waals surface area contributed by atoms with E-state index in [1.54, 1.807) is 0 Å². The number of nitrogens with two attached hydrogens (primary N) is 2. The van der Waals surface area contributed by atoms with Crippen LogP contribution in [0.5, 0.6) is 0 Å². The van der Waals surface area contributed by atoms with Crippen molar-refractivity contribution in [3.8, 4) is 0 Å². The summed E-state index contributed by atoms with van der Waals surface area (Å²) >= 11 is 0. The summed E-state index contributed by atoms with van der Waals surface area (Å²) in [5.41, 5.74) is 7.82. The van der Waals surface area contributed by atoms with Gasteiger partial charge in [0.15, 0.2) is 0 Å². The van der Waals surface area contributed by atoms with Gasteiger partial charge in [-0.1, -0.05) is 26.7 Å². The van der Waals surface area contributed by atoms with Gasteiger partial charge in [0.25, 0.3) is 0 Å². The molecule has 0 saturated heterocycles. The largest absolute Gasteiger partial charge is 0.368 e. The van der Waals surface area contributed by atoms with Crippen molar-refractivity contribution in [2.45, 2.75) is 51.6 Å². The maximum absolute atomic E-state index is 11.3. The molecule has 6 heteroatoms. The Balaban J connectivity index is 2.63. The third-order valence-electron chi connectivity index (χ3n) is 3.04. The maximum atomic E-state index is 11.3. The molecule has 1 saturated carbocycles. The van der Waals surface area contributed by atoms with Gasteiger partial charge in [0, 0.05) is 0 Å². The van der Waals surface area contributed by atoms with Crippen LogP contribution in [0.15, 0.2) is 4.99 Å². The van der Waals surface area contributed by atoms with Crippen molar-refractivity contribution in [3.05, 3.63) is 0 Å². The molecule has 0 spiro atoms. The average molecular weight is 241 g/mol. The molecule has 1 aliphatic carbocycles. The molecule has 0 aromatic carbocycles. The normalized spacial score (nSPS) is 19.4. The van der Waals surface area contributed by atoms with E-state index >= 15 is 0 Å². The van der Waals surface area contributed by atoms with Gasteiger partial charge in [-0.15, -0.1) is 0 Å². The van der Waals surface area contributed by atoms with E-state index in [0.717, 1.165) is 12.8 Å². The number of carbonyl (C=O) groups excluding carboxylic acids is 1. The maximum Gasteiger partial charge on any atom is 0.240 e. The summed E-state index contributed by atoms with van der Waals surface area (Å²) in [6, 6.07) is -0.152. The highest BCUT2D eigenvalue weighted by molar-refractivity contribution is 5.88. The lowest BCUT2D eigenvalue weighted by molar-refractivity contribution is -0.120. The summed E-state index contributed by atoms with van der Waals surface area (Å²) in [5, 5.41) is 2.97. The molecule has 98 valence electrons. The number of amides is 1. The minimum atomic E-state index is -0.453. The highest BCUT2D eigenvalue weighted by Crippen LogP contribution is 2.20. The van der Waals surface area contributed by atoms with Crippen LogP contribution in [0.4, 0.5) is 0 Å². The van der Waals surface area contributed by atoms with Gasteiger partial charge in [0.1, 0.15) is 6.04 Å². The van der Waals surface area contributed by atoms with Gasteiger partial charge in [-0.25, -0.2) is 10.8 Å². The zero-order valence-electron chi connectivity index (χ0n) is 10.6. The summed E-state index contributed by atoms with van der Waals surface area (Å²) in [5.74, 6) is 5.56. The van der Waals surface area contributed by atoms with E-state index in [2.05, 4.69) is 15.7 Å². The molecule has 6 N–H and O–H groups in total. The van der Waals surface area contributed by atoms with E-state index in [0.29, 0.717) is 12.0 Å². The summed E-state index contributed by atoms with van der Waals surface area (Å²) in [7, 11) is 0. The van der Waals surface area contributed by atoms with E-state index < -0.39 is 11.9 Å². The Morgan fingerprint density at radius 3 is 2.35 bits per heavy atom. The topological polar surface area (TPSA) is 106 Å². The van der Waals surface area contributed by atoms with Crippen LogP contribution in [0.1, 0.15) is 39.5 Å². The Morgan fingerprint density at radius 2 is 1.94 bits per heavy atom. The molecule has 1 rings (SSSR count). The number of aliphatic imine (C=N–C) groups is 1. The molecule has 1 unspecified atom stereocenters. The van der Waals surface area contributed by atoms with Gasteiger partial charge in [-0.3, -0.25) is 10.2 Å². The summed E-state index contributed by atoms with van der Waals surface area (Å²) in [6.45, 7) is 3.85. The second-order valence-corrected chi connectivity index (χ2v) is 4.83. The van der Waals surface area contributed by atoms with Crippen LogP contribution in [0, 0.1) is 5.92 Å². The van der Waals surface area contributed by atoms with E-state index in [1.807, 2.05) is 13.8 Å². The van der Waals surface area contributed by atoms with Crippen LogP contribution in [-0.4, -0.2) is 24.0 Å². The fourth-order valence-corrected chi connectivity index (χ4v) is 2.05. The van der Waals surface area contributed by atoms with E-state index in [4.69, 9.17) is 11.6 Å². The zero-order chi connectivity index (χ0) is 12.8. The number of hydrazine groups is 1. The van der Waals surface area contributed by atoms with Gasteiger partial charge in [-0.2, -0.15) is 0 Å². The average Bonchev–Trinajstić information content (AvgIpc) is 2.75. The van der Waals surface area contributed by atoms with Crippen LogP contribution in [0.3, 0.4) is 0 Å². The quantitative estimate of drug-likeness (QED) is 0.238. The number of hydrogen-bond acceptors (Lipinski definition) is 3.